The molecule has 1 amide bonds. The van der Waals surface area contributed by atoms with Gasteiger partial charge in [0.2, 0.25) is 12.2 Å². The first-order valence-corrected chi connectivity index (χ1v) is 8.59. The van der Waals surface area contributed by atoms with Crippen LogP contribution < -0.4 is 5.32 Å². The van der Waals surface area contributed by atoms with E-state index in [1.807, 2.05) is 30.3 Å². The van der Waals surface area contributed by atoms with E-state index in [4.69, 9.17) is 18.9 Å². The standard InChI is InChI=1S/C19H25N3O6/c1-19(2,3)28-18(24)22-11-14(15(25-4)26-5)20-16(22)21-17(23)27-12-13-9-7-6-8-10-13/h6-11,15H,12H2,1-5H3,(H,20,21,23). The van der Waals surface area contributed by atoms with Gasteiger partial charge in [0.1, 0.15) is 17.9 Å². The van der Waals surface area contributed by atoms with Crippen molar-refractivity contribution in [3.63, 3.8) is 0 Å². The number of hydrogen-bond acceptors (Lipinski definition) is 7. The van der Waals surface area contributed by atoms with E-state index >= 15 is 0 Å². The molecule has 0 aliphatic rings. The molecule has 0 aliphatic carbocycles. The minimum atomic E-state index is -0.815. The van der Waals surface area contributed by atoms with Gasteiger partial charge in [-0.3, -0.25) is 5.32 Å². The van der Waals surface area contributed by atoms with Gasteiger partial charge < -0.3 is 18.9 Å². The number of benzene rings is 1. The summed E-state index contributed by atoms with van der Waals surface area (Å²) in [6.45, 7) is 5.27. The van der Waals surface area contributed by atoms with Gasteiger partial charge in [-0.1, -0.05) is 30.3 Å². The van der Waals surface area contributed by atoms with Crippen LogP contribution in [0.4, 0.5) is 15.5 Å². The first kappa shape index (κ1) is 21.4. The van der Waals surface area contributed by atoms with Crippen molar-refractivity contribution >= 4 is 18.1 Å². The third-order valence-corrected chi connectivity index (χ3v) is 3.41. The zero-order valence-electron chi connectivity index (χ0n) is 16.6. The lowest BCUT2D eigenvalue weighted by atomic mass is 10.2. The summed E-state index contributed by atoms with van der Waals surface area (Å²) in [7, 11) is 2.86. The Bertz CT molecular complexity index is 794. The van der Waals surface area contributed by atoms with Crippen molar-refractivity contribution in [2.24, 2.45) is 0 Å². The lowest BCUT2D eigenvalue weighted by Crippen LogP contribution is -2.28. The lowest BCUT2D eigenvalue weighted by Gasteiger charge is -2.20. The molecule has 9 heteroatoms. The molecule has 0 aliphatic heterocycles. The third kappa shape index (κ3) is 6.07. The maximum absolute atomic E-state index is 12.5. The number of nitrogens with one attached hydrogen (secondary N) is 1. The Labute approximate surface area is 163 Å². The second-order valence-corrected chi connectivity index (χ2v) is 6.83. The summed E-state index contributed by atoms with van der Waals surface area (Å²) in [4.78, 5) is 28.8. The van der Waals surface area contributed by atoms with Gasteiger partial charge in [-0.15, -0.1) is 0 Å². The summed E-state index contributed by atoms with van der Waals surface area (Å²) in [6.07, 6.45) is -0.921. The van der Waals surface area contributed by atoms with E-state index in [-0.39, 0.29) is 18.2 Å². The predicted molar refractivity (Wildman–Crippen MR) is 101 cm³/mol. The molecule has 0 saturated carbocycles. The molecule has 0 bridgehead atoms. The molecule has 9 nitrogen and oxygen atoms in total. The van der Waals surface area contributed by atoms with Crippen molar-refractivity contribution in [3.05, 3.63) is 47.8 Å². The number of aromatic nitrogens is 2. The van der Waals surface area contributed by atoms with Crippen LogP contribution in [0.5, 0.6) is 0 Å². The molecule has 0 fully saturated rings. The number of carbonyl (C=O) groups excluding carboxylic acids is 2. The number of amides is 1. The molecule has 28 heavy (non-hydrogen) atoms. The molecule has 2 aromatic rings. The highest BCUT2D eigenvalue weighted by atomic mass is 16.7. The Kier molecular flexibility index (Phi) is 7.13. The summed E-state index contributed by atoms with van der Waals surface area (Å²) >= 11 is 0. The van der Waals surface area contributed by atoms with Gasteiger partial charge in [-0.05, 0) is 26.3 Å². The second kappa shape index (κ2) is 9.34. The van der Waals surface area contributed by atoms with E-state index in [0.29, 0.717) is 0 Å². The van der Waals surface area contributed by atoms with E-state index in [1.54, 1.807) is 20.8 Å². The molecule has 0 saturated heterocycles. The van der Waals surface area contributed by atoms with Crippen LogP contribution >= 0.6 is 0 Å². The van der Waals surface area contributed by atoms with Gasteiger partial charge in [0.15, 0.2) is 0 Å². The zero-order chi connectivity index (χ0) is 20.7. The largest absolute Gasteiger partial charge is 0.444 e. The minimum Gasteiger partial charge on any atom is -0.444 e. The third-order valence-electron chi connectivity index (χ3n) is 3.41. The monoisotopic (exact) mass is 391 g/mol. The molecule has 1 N–H and O–H groups in total. The number of methoxy groups -OCH3 is 2. The normalized spacial score (nSPS) is 11.4. The fourth-order valence-corrected chi connectivity index (χ4v) is 2.24. The van der Waals surface area contributed by atoms with Gasteiger partial charge >= 0.3 is 12.2 Å². The topological polar surface area (TPSA) is 101 Å². The van der Waals surface area contributed by atoms with Crippen molar-refractivity contribution < 1.29 is 28.5 Å². The molecule has 0 atom stereocenters. The molecular formula is C19H25N3O6. The molecule has 0 spiro atoms. The summed E-state index contributed by atoms with van der Waals surface area (Å²) in [6, 6.07) is 9.20. The minimum absolute atomic E-state index is 0.0681. The average molecular weight is 391 g/mol. The summed E-state index contributed by atoms with van der Waals surface area (Å²) in [5.41, 5.74) is 0.385. The maximum atomic E-state index is 12.5. The van der Waals surface area contributed by atoms with Crippen LogP contribution in [0.2, 0.25) is 0 Å². The van der Waals surface area contributed by atoms with E-state index in [0.717, 1.165) is 10.1 Å². The van der Waals surface area contributed by atoms with Crippen LogP contribution in [0.3, 0.4) is 0 Å². The number of ether oxygens (including phenoxy) is 4. The second-order valence-electron chi connectivity index (χ2n) is 6.83. The molecule has 152 valence electrons. The van der Waals surface area contributed by atoms with Gasteiger partial charge in [0.25, 0.3) is 0 Å². The summed E-state index contributed by atoms with van der Waals surface area (Å²) in [5.74, 6) is -0.0681. The molecule has 0 unspecified atom stereocenters. The molecule has 1 aromatic heterocycles. The number of anilines is 1. The van der Waals surface area contributed by atoms with Gasteiger partial charge in [-0.2, -0.15) is 0 Å². The van der Waals surface area contributed by atoms with Crippen LogP contribution in [0, 0.1) is 0 Å². The van der Waals surface area contributed by atoms with E-state index in [2.05, 4.69) is 10.3 Å². The molecule has 0 radical (unpaired) electrons. The van der Waals surface area contributed by atoms with Gasteiger partial charge in [0.05, 0.1) is 0 Å². The lowest BCUT2D eigenvalue weighted by molar-refractivity contribution is -0.108. The number of nitrogens with zero attached hydrogens (tertiary/aromatic N) is 2. The van der Waals surface area contributed by atoms with Crippen LogP contribution in [-0.2, 0) is 25.6 Å². The Morgan fingerprint density at radius 3 is 2.36 bits per heavy atom. The highest BCUT2D eigenvalue weighted by Crippen LogP contribution is 2.21. The molecule has 2 rings (SSSR count). The van der Waals surface area contributed by atoms with Crippen LogP contribution in [0.15, 0.2) is 36.5 Å². The Morgan fingerprint density at radius 1 is 1.14 bits per heavy atom. The van der Waals surface area contributed by atoms with Crippen molar-refractivity contribution in [3.8, 4) is 0 Å². The van der Waals surface area contributed by atoms with Crippen molar-refractivity contribution in [2.45, 2.75) is 39.3 Å². The molecular weight excluding hydrogens is 366 g/mol. The molecule has 1 aromatic carbocycles. The summed E-state index contributed by atoms with van der Waals surface area (Å²) in [5, 5.41) is 2.45. The number of carbonyl (C=O) groups is 2. The highest BCUT2D eigenvalue weighted by Gasteiger charge is 2.25. The summed E-state index contributed by atoms with van der Waals surface area (Å²) < 4.78 is 21.9. The van der Waals surface area contributed by atoms with E-state index in [9.17, 15) is 9.59 Å². The SMILES string of the molecule is COC(OC)c1cn(C(=O)OC(C)(C)C)c(NC(=O)OCc2ccccc2)n1. The Morgan fingerprint density at radius 2 is 1.79 bits per heavy atom. The fourth-order valence-electron chi connectivity index (χ4n) is 2.24. The fraction of sp³-hybridized carbons (Fsp3) is 0.421. The first-order valence-electron chi connectivity index (χ1n) is 8.59. The number of rotatable bonds is 6. The highest BCUT2D eigenvalue weighted by molar-refractivity contribution is 5.85. The van der Waals surface area contributed by atoms with Gasteiger partial charge in [0, 0.05) is 20.4 Å². The van der Waals surface area contributed by atoms with Gasteiger partial charge in [-0.25, -0.2) is 19.1 Å². The predicted octanol–water partition coefficient (Wildman–Crippen LogP) is 3.71. The number of hydrogen-bond donors (Lipinski definition) is 1. The van der Waals surface area contributed by atoms with E-state index < -0.39 is 24.1 Å². The Balaban J connectivity index is 2.17. The number of imidazole rings is 1. The van der Waals surface area contributed by atoms with Crippen LogP contribution in [0.1, 0.15) is 38.3 Å². The van der Waals surface area contributed by atoms with Crippen LogP contribution in [0.25, 0.3) is 0 Å². The van der Waals surface area contributed by atoms with Crippen molar-refractivity contribution in [1.82, 2.24) is 9.55 Å². The van der Waals surface area contributed by atoms with Crippen LogP contribution in [-0.4, -0.2) is 41.6 Å². The molecule has 1 heterocycles. The smallest absolute Gasteiger partial charge is 0.421 e. The van der Waals surface area contributed by atoms with Crippen molar-refractivity contribution in [2.75, 3.05) is 19.5 Å². The van der Waals surface area contributed by atoms with Crippen molar-refractivity contribution in [1.29, 1.82) is 0 Å². The average Bonchev–Trinajstić information content (AvgIpc) is 3.04. The quantitative estimate of drug-likeness (QED) is 0.749. The van der Waals surface area contributed by atoms with E-state index in [1.165, 1.54) is 20.4 Å². The zero-order valence-corrected chi connectivity index (χ0v) is 16.6. The Hall–Kier alpha value is -2.91. The maximum Gasteiger partial charge on any atom is 0.421 e. The first-order chi connectivity index (χ1) is 13.2.